The summed E-state index contributed by atoms with van der Waals surface area (Å²) in [6.07, 6.45) is 0. The summed E-state index contributed by atoms with van der Waals surface area (Å²) >= 11 is 0. The average Bonchev–Trinajstić information content (AvgIpc) is 2.42. The summed E-state index contributed by atoms with van der Waals surface area (Å²) in [5.41, 5.74) is 0.562. The molecule has 0 N–H and O–H groups in total. The number of fused-ring (bicyclic) bond motifs is 1. The lowest BCUT2D eigenvalue weighted by atomic mass is 10.2. The van der Waals surface area contributed by atoms with Gasteiger partial charge in [0.15, 0.2) is 0 Å². The van der Waals surface area contributed by atoms with E-state index in [1.165, 1.54) is 12.1 Å². The molecule has 2 aromatic rings. The van der Waals surface area contributed by atoms with Crippen LogP contribution in [-0.4, -0.2) is 8.42 Å². The molecule has 3 nitrogen and oxygen atoms in total. The van der Waals surface area contributed by atoms with Crippen molar-refractivity contribution in [1.82, 2.24) is 0 Å². The first kappa shape index (κ1) is 10.4. The van der Waals surface area contributed by atoms with Gasteiger partial charge in [-0.05, 0) is 19.1 Å². The van der Waals surface area contributed by atoms with Crippen LogP contribution in [0.3, 0.4) is 0 Å². The van der Waals surface area contributed by atoms with E-state index in [9.17, 15) is 12.8 Å². The molecule has 0 bridgehead atoms. The smallest absolute Gasteiger partial charge is 0.294 e. The van der Waals surface area contributed by atoms with Crippen molar-refractivity contribution in [1.29, 1.82) is 0 Å². The molecule has 1 aromatic heterocycles. The highest BCUT2D eigenvalue weighted by atomic mass is 35.7. The monoisotopic (exact) mass is 248 g/mol. The summed E-state index contributed by atoms with van der Waals surface area (Å²) in [6.45, 7) is 1.55. The minimum atomic E-state index is -3.93. The molecule has 1 heterocycles. The van der Waals surface area contributed by atoms with Gasteiger partial charge in [0.2, 0.25) is 5.09 Å². The fourth-order valence-electron chi connectivity index (χ4n) is 1.41. The topological polar surface area (TPSA) is 47.3 Å². The fraction of sp³-hybridized carbons (Fsp3) is 0.111. The number of halogens is 2. The van der Waals surface area contributed by atoms with Crippen LogP contribution in [0.15, 0.2) is 27.7 Å². The highest BCUT2D eigenvalue weighted by Gasteiger charge is 2.21. The molecule has 6 heteroatoms. The van der Waals surface area contributed by atoms with Crippen molar-refractivity contribution in [2.24, 2.45) is 0 Å². The summed E-state index contributed by atoms with van der Waals surface area (Å²) in [5, 5.41) is 0.209. The number of aryl methyl sites for hydroxylation is 1. The molecular weight excluding hydrogens is 243 g/mol. The fourth-order valence-corrected chi connectivity index (χ4v) is 2.52. The molecule has 2 rings (SSSR count). The van der Waals surface area contributed by atoms with Crippen LogP contribution in [0.1, 0.15) is 5.56 Å². The predicted molar refractivity (Wildman–Crippen MR) is 53.9 cm³/mol. The molecule has 0 saturated carbocycles. The number of hydrogen-bond acceptors (Lipinski definition) is 3. The molecule has 0 aliphatic carbocycles. The van der Waals surface area contributed by atoms with Crippen molar-refractivity contribution < 1.29 is 17.2 Å². The quantitative estimate of drug-likeness (QED) is 0.729. The Kier molecular flexibility index (Phi) is 2.24. The van der Waals surface area contributed by atoms with Crippen molar-refractivity contribution in [2.45, 2.75) is 12.0 Å². The summed E-state index contributed by atoms with van der Waals surface area (Å²) in [6, 6.07) is 3.80. The first-order chi connectivity index (χ1) is 6.89. The van der Waals surface area contributed by atoms with Crippen LogP contribution in [0.5, 0.6) is 0 Å². The van der Waals surface area contributed by atoms with Gasteiger partial charge in [-0.1, -0.05) is 0 Å². The van der Waals surface area contributed by atoms with Gasteiger partial charge in [0, 0.05) is 27.7 Å². The number of hydrogen-bond donors (Lipinski definition) is 0. The molecule has 0 atom stereocenters. The van der Waals surface area contributed by atoms with E-state index < -0.39 is 14.9 Å². The van der Waals surface area contributed by atoms with Gasteiger partial charge in [-0.15, -0.1) is 0 Å². The normalized spacial score (nSPS) is 12.2. The summed E-state index contributed by atoms with van der Waals surface area (Å²) in [7, 11) is 1.23. The van der Waals surface area contributed by atoms with Gasteiger partial charge in [-0.2, -0.15) is 0 Å². The van der Waals surface area contributed by atoms with E-state index in [0.717, 1.165) is 6.07 Å². The van der Waals surface area contributed by atoms with Crippen LogP contribution in [0, 0.1) is 12.7 Å². The van der Waals surface area contributed by atoms with Gasteiger partial charge in [-0.3, -0.25) is 0 Å². The zero-order chi connectivity index (χ0) is 11.2. The summed E-state index contributed by atoms with van der Waals surface area (Å²) in [5.74, 6) is -0.491. The Bertz CT molecular complexity index is 630. The lowest BCUT2D eigenvalue weighted by Crippen LogP contribution is -1.89. The Morgan fingerprint density at radius 1 is 1.40 bits per heavy atom. The third kappa shape index (κ3) is 1.72. The van der Waals surface area contributed by atoms with E-state index in [-0.39, 0.29) is 10.7 Å². The molecule has 0 spiro atoms. The van der Waals surface area contributed by atoms with Crippen LogP contribution in [0.4, 0.5) is 4.39 Å². The van der Waals surface area contributed by atoms with Crippen LogP contribution < -0.4 is 0 Å². The van der Waals surface area contributed by atoms with E-state index in [1.807, 2.05) is 0 Å². The van der Waals surface area contributed by atoms with Crippen LogP contribution in [0.25, 0.3) is 11.0 Å². The third-order valence-corrected chi connectivity index (χ3v) is 3.33. The largest absolute Gasteiger partial charge is 0.443 e. The highest BCUT2D eigenvalue weighted by Crippen LogP contribution is 2.30. The van der Waals surface area contributed by atoms with Crippen LogP contribution in [0.2, 0.25) is 0 Å². The lowest BCUT2D eigenvalue weighted by molar-refractivity contribution is 0.482. The minimum Gasteiger partial charge on any atom is -0.443 e. The van der Waals surface area contributed by atoms with Crippen molar-refractivity contribution in [3.8, 4) is 0 Å². The van der Waals surface area contributed by atoms with Gasteiger partial charge in [0.05, 0.1) is 0 Å². The second-order valence-corrected chi connectivity index (χ2v) is 5.56. The van der Waals surface area contributed by atoms with Crippen molar-refractivity contribution in [3.63, 3.8) is 0 Å². The van der Waals surface area contributed by atoms with Gasteiger partial charge in [0.25, 0.3) is 9.05 Å². The Labute approximate surface area is 89.9 Å². The Hall–Kier alpha value is -1.07. The van der Waals surface area contributed by atoms with Crippen molar-refractivity contribution in [2.75, 3.05) is 0 Å². The molecule has 0 fully saturated rings. The lowest BCUT2D eigenvalue weighted by Gasteiger charge is -1.89. The minimum absolute atomic E-state index is 0.173. The summed E-state index contributed by atoms with van der Waals surface area (Å²) < 4.78 is 40.0. The molecule has 0 aliphatic heterocycles. The molecule has 0 aliphatic rings. The molecule has 1 aromatic carbocycles. The highest BCUT2D eigenvalue weighted by molar-refractivity contribution is 8.13. The van der Waals surface area contributed by atoms with E-state index in [1.54, 1.807) is 6.92 Å². The molecule has 0 radical (unpaired) electrons. The van der Waals surface area contributed by atoms with Gasteiger partial charge in [0.1, 0.15) is 11.4 Å². The van der Waals surface area contributed by atoms with E-state index in [0.29, 0.717) is 10.9 Å². The maximum absolute atomic E-state index is 12.8. The molecule has 0 unspecified atom stereocenters. The van der Waals surface area contributed by atoms with Gasteiger partial charge < -0.3 is 4.42 Å². The number of rotatable bonds is 1. The van der Waals surface area contributed by atoms with Crippen molar-refractivity contribution >= 4 is 30.7 Å². The zero-order valence-corrected chi connectivity index (χ0v) is 9.19. The Morgan fingerprint density at radius 3 is 2.67 bits per heavy atom. The molecule has 15 heavy (non-hydrogen) atoms. The van der Waals surface area contributed by atoms with E-state index in [2.05, 4.69) is 0 Å². The Morgan fingerprint density at radius 2 is 2.07 bits per heavy atom. The van der Waals surface area contributed by atoms with Crippen molar-refractivity contribution in [3.05, 3.63) is 29.6 Å². The first-order valence-corrected chi connectivity index (χ1v) is 6.34. The molecular formula is C9H6ClFO3S. The van der Waals surface area contributed by atoms with Gasteiger partial charge in [-0.25, -0.2) is 12.8 Å². The number of furan rings is 1. The molecule has 0 saturated heterocycles. The first-order valence-electron chi connectivity index (χ1n) is 4.03. The maximum atomic E-state index is 12.8. The van der Waals surface area contributed by atoms with E-state index >= 15 is 0 Å². The second kappa shape index (κ2) is 3.21. The number of benzene rings is 1. The Balaban J connectivity index is 2.87. The van der Waals surface area contributed by atoms with Gasteiger partial charge >= 0.3 is 0 Å². The standard InChI is InChI=1S/C9H6ClFO3S/c1-5-7-3-2-6(11)4-8(7)14-9(5)15(10,12)13/h2-4H,1H3. The molecule has 0 amide bonds. The average molecular weight is 249 g/mol. The SMILES string of the molecule is Cc1c(S(=O)(=O)Cl)oc2cc(F)ccc12. The van der Waals surface area contributed by atoms with Crippen LogP contribution in [-0.2, 0) is 9.05 Å². The maximum Gasteiger partial charge on any atom is 0.294 e. The predicted octanol–water partition coefficient (Wildman–Crippen LogP) is 2.81. The summed E-state index contributed by atoms with van der Waals surface area (Å²) in [4.78, 5) is 0. The molecule has 80 valence electrons. The van der Waals surface area contributed by atoms with E-state index in [4.69, 9.17) is 15.1 Å². The zero-order valence-electron chi connectivity index (χ0n) is 7.62. The third-order valence-electron chi connectivity index (χ3n) is 2.08. The second-order valence-electron chi connectivity index (χ2n) is 3.09. The van der Waals surface area contributed by atoms with Crippen LogP contribution >= 0.6 is 10.7 Å².